The zero-order valence-electron chi connectivity index (χ0n) is 10.4. The number of nitrogens with zero attached hydrogens (tertiary/aromatic N) is 2. The molecule has 0 fully saturated rings. The molecule has 17 heavy (non-hydrogen) atoms. The maximum absolute atomic E-state index is 5.91. The van der Waals surface area contributed by atoms with Crippen LogP contribution in [0.4, 0.5) is 5.69 Å². The standard InChI is InChI=1S/C13H17N3O/c1-4-13(2,3)17-12-10-6-5-9(14)7-11(10)15-8-16-12/h5-8H,4,14H2,1-3H3. The molecule has 0 saturated carbocycles. The number of fused-ring (bicyclic) bond motifs is 1. The summed E-state index contributed by atoms with van der Waals surface area (Å²) in [4.78, 5) is 8.38. The maximum Gasteiger partial charge on any atom is 0.224 e. The van der Waals surface area contributed by atoms with Crippen LogP contribution in [0.3, 0.4) is 0 Å². The second-order valence-electron chi connectivity index (χ2n) is 4.67. The van der Waals surface area contributed by atoms with Crippen LogP contribution in [0, 0.1) is 0 Å². The summed E-state index contributed by atoms with van der Waals surface area (Å²) in [5.41, 5.74) is 6.99. The Morgan fingerprint density at radius 3 is 2.76 bits per heavy atom. The first-order valence-corrected chi connectivity index (χ1v) is 5.71. The fraction of sp³-hybridized carbons (Fsp3) is 0.385. The number of benzene rings is 1. The van der Waals surface area contributed by atoms with E-state index in [1.165, 1.54) is 6.33 Å². The molecule has 0 radical (unpaired) electrons. The van der Waals surface area contributed by atoms with Crippen LogP contribution in [-0.4, -0.2) is 15.6 Å². The van der Waals surface area contributed by atoms with E-state index in [4.69, 9.17) is 10.5 Å². The molecule has 1 aromatic heterocycles. The second kappa shape index (κ2) is 4.20. The summed E-state index contributed by atoms with van der Waals surface area (Å²) in [7, 11) is 0. The molecule has 0 aliphatic rings. The molecule has 1 aromatic carbocycles. The minimum atomic E-state index is -0.233. The molecule has 4 nitrogen and oxygen atoms in total. The summed E-state index contributed by atoms with van der Waals surface area (Å²) in [6, 6.07) is 5.55. The van der Waals surface area contributed by atoms with E-state index in [1.54, 1.807) is 0 Å². The number of nitrogens with two attached hydrogens (primary N) is 1. The Labute approximate surface area is 101 Å². The van der Waals surface area contributed by atoms with Gasteiger partial charge in [-0.1, -0.05) is 6.92 Å². The third kappa shape index (κ3) is 2.46. The summed E-state index contributed by atoms with van der Waals surface area (Å²) >= 11 is 0. The van der Waals surface area contributed by atoms with Gasteiger partial charge in [-0.3, -0.25) is 0 Å². The van der Waals surface area contributed by atoms with Crippen molar-refractivity contribution in [2.75, 3.05) is 5.73 Å². The van der Waals surface area contributed by atoms with Crippen molar-refractivity contribution < 1.29 is 4.74 Å². The Bertz CT molecular complexity index is 537. The van der Waals surface area contributed by atoms with Crippen LogP contribution in [-0.2, 0) is 0 Å². The molecule has 2 aromatic rings. The summed E-state index contributed by atoms with van der Waals surface area (Å²) in [6.07, 6.45) is 2.41. The molecule has 0 spiro atoms. The number of ether oxygens (including phenoxy) is 1. The Hall–Kier alpha value is -1.84. The van der Waals surface area contributed by atoms with Crippen LogP contribution in [0.5, 0.6) is 5.88 Å². The zero-order valence-corrected chi connectivity index (χ0v) is 10.4. The highest BCUT2D eigenvalue weighted by atomic mass is 16.5. The molecule has 0 atom stereocenters. The molecule has 0 amide bonds. The number of aromatic nitrogens is 2. The number of rotatable bonds is 3. The van der Waals surface area contributed by atoms with Crippen LogP contribution in [0.15, 0.2) is 24.5 Å². The molecule has 0 aliphatic heterocycles. The molecule has 0 saturated heterocycles. The minimum Gasteiger partial charge on any atom is -0.471 e. The van der Waals surface area contributed by atoms with E-state index >= 15 is 0 Å². The van der Waals surface area contributed by atoms with E-state index in [0.717, 1.165) is 17.3 Å². The molecular weight excluding hydrogens is 214 g/mol. The summed E-state index contributed by atoms with van der Waals surface area (Å²) in [6.45, 7) is 6.16. The van der Waals surface area contributed by atoms with Gasteiger partial charge in [0.05, 0.1) is 10.9 Å². The van der Waals surface area contributed by atoms with E-state index < -0.39 is 0 Å². The van der Waals surface area contributed by atoms with Gasteiger partial charge in [-0.25, -0.2) is 9.97 Å². The van der Waals surface area contributed by atoms with Gasteiger partial charge >= 0.3 is 0 Å². The molecule has 90 valence electrons. The first-order chi connectivity index (χ1) is 8.02. The van der Waals surface area contributed by atoms with Crippen LogP contribution in [0.2, 0.25) is 0 Å². The van der Waals surface area contributed by atoms with Gasteiger partial charge in [-0.2, -0.15) is 0 Å². The molecule has 0 bridgehead atoms. The largest absolute Gasteiger partial charge is 0.471 e. The Morgan fingerprint density at radius 2 is 2.06 bits per heavy atom. The monoisotopic (exact) mass is 231 g/mol. The van der Waals surface area contributed by atoms with Gasteiger partial charge in [0.15, 0.2) is 0 Å². The van der Waals surface area contributed by atoms with Crippen molar-refractivity contribution in [2.24, 2.45) is 0 Å². The first kappa shape index (κ1) is 11.6. The van der Waals surface area contributed by atoms with Gasteiger partial charge in [0.2, 0.25) is 5.88 Å². The third-order valence-corrected chi connectivity index (χ3v) is 2.85. The minimum absolute atomic E-state index is 0.233. The van der Waals surface area contributed by atoms with Crippen molar-refractivity contribution in [2.45, 2.75) is 32.8 Å². The average Bonchev–Trinajstić information content (AvgIpc) is 2.28. The highest BCUT2D eigenvalue weighted by Crippen LogP contribution is 2.27. The Kier molecular flexibility index (Phi) is 2.88. The van der Waals surface area contributed by atoms with Crippen molar-refractivity contribution in [1.29, 1.82) is 0 Å². The summed E-state index contributed by atoms with van der Waals surface area (Å²) in [5, 5.41) is 0.892. The Morgan fingerprint density at radius 1 is 1.29 bits per heavy atom. The first-order valence-electron chi connectivity index (χ1n) is 5.71. The van der Waals surface area contributed by atoms with Crippen molar-refractivity contribution >= 4 is 16.6 Å². The maximum atomic E-state index is 5.91. The van der Waals surface area contributed by atoms with Gasteiger partial charge in [-0.05, 0) is 38.5 Å². The van der Waals surface area contributed by atoms with Gasteiger partial charge in [0, 0.05) is 5.69 Å². The van der Waals surface area contributed by atoms with Crippen LogP contribution < -0.4 is 10.5 Å². The van der Waals surface area contributed by atoms with Crippen molar-refractivity contribution in [3.8, 4) is 5.88 Å². The van der Waals surface area contributed by atoms with Crippen LogP contribution in [0.25, 0.3) is 10.9 Å². The lowest BCUT2D eigenvalue weighted by Gasteiger charge is -2.24. The van der Waals surface area contributed by atoms with Crippen molar-refractivity contribution in [1.82, 2.24) is 9.97 Å². The van der Waals surface area contributed by atoms with E-state index in [2.05, 4.69) is 16.9 Å². The molecular formula is C13H17N3O. The smallest absolute Gasteiger partial charge is 0.224 e. The lowest BCUT2D eigenvalue weighted by Crippen LogP contribution is -2.27. The number of hydrogen-bond donors (Lipinski definition) is 1. The summed E-state index contributed by atoms with van der Waals surface area (Å²) in [5.74, 6) is 0.613. The second-order valence-corrected chi connectivity index (χ2v) is 4.67. The van der Waals surface area contributed by atoms with Gasteiger partial charge in [0.1, 0.15) is 11.9 Å². The van der Waals surface area contributed by atoms with E-state index in [-0.39, 0.29) is 5.60 Å². The van der Waals surface area contributed by atoms with Crippen LogP contribution >= 0.6 is 0 Å². The average molecular weight is 231 g/mol. The fourth-order valence-electron chi connectivity index (χ4n) is 1.46. The lowest BCUT2D eigenvalue weighted by atomic mass is 10.1. The van der Waals surface area contributed by atoms with Gasteiger partial charge in [-0.15, -0.1) is 0 Å². The lowest BCUT2D eigenvalue weighted by molar-refractivity contribution is 0.101. The number of hydrogen-bond acceptors (Lipinski definition) is 4. The topological polar surface area (TPSA) is 61.0 Å². The number of anilines is 1. The van der Waals surface area contributed by atoms with Crippen molar-refractivity contribution in [3.63, 3.8) is 0 Å². The molecule has 0 aliphatic carbocycles. The SMILES string of the molecule is CCC(C)(C)Oc1ncnc2cc(N)ccc12. The van der Waals surface area contributed by atoms with Crippen LogP contribution in [0.1, 0.15) is 27.2 Å². The van der Waals surface area contributed by atoms with E-state index in [9.17, 15) is 0 Å². The molecule has 2 rings (SSSR count). The zero-order chi connectivity index (χ0) is 12.5. The Balaban J connectivity index is 2.48. The summed E-state index contributed by atoms with van der Waals surface area (Å²) < 4.78 is 5.91. The highest BCUT2D eigenvalue weighted by molar-refractivity contribution is 5.85. The van der Waals surface area contributed by atoms with Gasteiger partial charge in [0.25, 0.3) is 0 Å². The normalized spacial score (nSPS) is 11.7. The quantitative estimate of drug-likeness (QED) is 0.825. The fourth-order valence-corrected chi connectivity index (χ4v) is 1.46. The predicted molar refractivity (Wildman–Crippen MR) is 68.9 cm³/mol. The predicted octanol–water partition coefficient (Wildman–Crippen LogP) is 2.78. The molecule has 0 unspecified atom stereocenters. The molecule has 4 heteroatoms. The molecule has 2 N–H and O–H groups in total. The molecule has 1 heterocycles. The van der Waals surface area contributed by atoms with Crippen molar-refractivity contribution in [3.05, 3.63) is 24.5 Å². The number of nitrogen functional groups attached to an aromatic ring is 1. The van der Waals surface area contributed by atoms with Gasteiger partial charge < -0.3 is 10.5 Å². The third-order valence-electron chi connectivity index (χ3n) is 2.85. The van der Waals surface area contributed by atoms with E-state index in [0.29, 0.717) is 11.6 Å². The highest BCUT2D eigenvalue weighted by Gasteiger charge is 2.19. The van der Waals surface area contributed by atoms with E-state index in [1.807, 2.05) is 32.0 Å².